The van der Waals surface area contributed by atoms with Crippen LogP contribution in [-0.4, -0.2) is 12.4 Å². The number of ether oxygens (including phenoxy) is 1. The number of rotatable bonds is 10. The molecule has 0 aromatic heterocycles. The summed E-state index contributed by atoms with van der Waals surface area (Å²) in [5, 5.41) is 0. The van der Waals surface area contributed by atoms with Crippen LogP contribution in [0.25, 0.3) is 0 Å². The van der Waals surface area contributed by atoms with E-state index in [0.29, 0.717) is 31.0 Å². The van der Waals surface area contributed by atoms with Crippen molar-refractivity contribution < 1.29 is 13.9 Å². The summed E-state index contributed by atoms with van der Waals surface area (Å²) < 4.78 is 18.9. The molecule has 0 saturated carbocycles. The van der Waals surface area contributed by atoms with Crippen molar-refractivity contribution >= 4 is 5.78 Å². The second kappa shape index (κ2) is 9.51. The number of benzene rings is 1. The van der Waals surface area contributed by atoms with Gasteiger partial charge in [0.15, 0.2) is 11.6 Å². The molecule has 1 aromatic rings. The first-order chi connectivity index (χ1) is 9.67. The van der Waals surface area contributed by atoms with Crippen LogP contribution in [0.1, 0.15) is 57.9 Å². The molecule has 2 nitrogen and oxygen atoms in total. The Kier molecular flexibility index (Phi) is 7.93. The quantitative estimate of drug-likeness (QED) is 0.581. The summed E-state index contributed by atoms with van der Waals surface area (Å²) in [5.41, 5.74) is 1.10. The first-order valence-electron chi connectivity index (χ1n) is 7.60. The van der Waals surface area contributed by atoms with Crippen LogP contribution in [-0.2, 0) is 11.2 Å². The number of ketones is 1. The van der Waals surface area contributed by atoms with Crippen molar-refractivity contribution in [1.29, 1.82) is 0 Å². The van der Waals surface area contributed by atoms with Gasteiger partial charge in [-0.3, -0.25) is 4.79 Å². The summed E-state index contributed by atoms with van der Waals surface area (Å²) in [7, 11) is 0. The first kappa shape index (κ1) is 16.7. The molecule has 0 N–H and O–H groups in total. The van der Waals surface area contributed by atoms with E-state index in [1.807, 2.05) is 19.9 Å². The molecule has 0 unspecified atom stereocenters. The first-order valence-corrected chi connectivity index (χ1v) is 7.60. The van der Waals surface area contributed by atoms with Crippen LogP contribution in [0.3, 0.4) is 0 Å². The Labute approximate surface area is 121 Å². The van der Waals surface area contributed by atoms with Gasteiger partial charge in [-0.2, -0.15) is 0 Å². The number of hydrogen-bond donors (Lipinski definition) is 0. The molecular weight excluding hydrogens is 255 g/mol. The number of unbranched alkanes of at least 4 members (excludes halogenated alkanes) is 2. The molecule has 0 fully saturated rings. The third-order valence-corrected chi connectivity index (χ3v) is 3.27. The molecule has 0 spiro atoms. The van der Waals surface area contributed by atoms with Gasteiger partial charge in [0.2, 0.25) is 0 Å². The molecule has 0 heterocycles. The lowest BCUT2D eigenvalue weighted by Gasteiger charge is -2.08. The lowest BCUT2D eigenvalue weighted by molar-refractivity contribution is -0.118. The van der Waals surface area contributed by atoms with E-state index in [2.05, 4.69) is 0 Å². The fourth-order valence-electron chi connectivity index (χ4n) is 2.03. The molecule has 3 heteroatoms. The van der Waals surface area contributed by atoms with Gasteiger partial charge in [0.1, 0.15) is 5.78 Å². The monoisotopic (exact) mass is 280 g/mol. The maximum absolute atomic E-state index is 13.5. The summed E-state index contributed by atoms with van der Waals surface area (Å²) in [6.45, 7) is 4.44. The molecule has 1 aromatic carbocycles. The van der Waals surface area contributed by atoms with Gasteiger partial charge in [0.05, 0.1) is 6.61 Å². The lowest BCUT2D eigenvalue weighted by Crippen LogP contribution is -1.99. The number of carbonyl (C=O) groups is 1. The maximum atomic E-state index is 13.5. The van der Waals surface area contributed by atoms with Crippen molar-refractivity contribution in [2.24, 2.45) is 0 Å². The van der Waals surface area contributed by atoms with Gasteiger partial charge in [-0.05, 0) is 43.4 Å². The molecule has 0 radical (unpaired) electrons. The molecule has 0 saturated heterocycles. The van der Waals surface area contributed by atoms with Crippen LogP contribution in [0.4, 0.5) is 4.39 Å². The summed E-state index contributed by atoms with van der Waals surface area (Å²) in [6.07, 6.45) is 6.11. The Morgan fingerprint density at radius 2 is 2.00 bits per heavy atom. The Bertz CT molecular complexity index is 415. The molecule has 0 bridgehead atoms. The number of hydrogen-bond acceptors (Lipinski definition) is 2. The van der Waals surface area contributed by atoms with Gasteiger partial charge < -0.3 is 4.74 Å². The molecule has 0 atom stereocenters. The molecule has 0 aliphatic rings. The minimum absolute atomic E-state index is 0.296. The van der Waals surface area contributed by atoms with Gasteiger partial charge in [0.25, 0.3) is 0 Å². The number of aryl methyl sites for hydroxylation is 1. The van der Waals surface area contributed by atoms with Crippen molar-refractivity contribution in [3.8, 4) is 5.75 Å². The predicted octanol–water partition coefficient (Wildman–Crippen LogP) is 4.70. The number of carbonyl (C=O) groups excluding carboxylic acids is 1. The summed E-state index contributed by atoms with van der Waals surface area (Å²) in [5.74, 6) is 0.392. The Morgan fingerprint density at radius 3 is 2.70 bits per heavy atom. The van der Waals surface area contributed by atoms with Crippen LogP contribution in [0, 0.1) is 5.82 Å². The van der Waals surface area contributed by atoms with Gasteiger partial charge in [-0.25, -0.2) is 4.39 Å². The molecule has 0 aliphatic heterocycles. The minimum Gasteiger partial charge on any atom is -0.491 e. The number of Topliss-reactive ketones (excluding diaryl/α,β-unsaturated/α-hetero) is 1. The van der Waals surface area contributed by atoms with Gasteiger partial charge in [-0.15, -0.1) is 0 Å². The standard InChI is InChI=1S/C17H25FO2/c1-3-12-20-17-13-14(10-11-16(17)18)8-6-5-7-9-15(19)4-2/h10-11,13H,3-9,12H2,1-2H3. The average molecular weight is 280 g/mol. The maximum Gasteiger partial charge on any atom is 0.165 e. The number of halogens is 1. The summed E-state index contributed by atoms with van der Waals surface area (Å²) >= 11 is 0. The highest BCUT2D eigenvalue weighted by Crippen LogP contribution is 2.20. The summed E-state index contributed by atoms with van der Waals surface area (Å²) in [4.78, 5) is 11.2. The van der Waals surface area contributed by atoms with E-state index in [1.165, 1.54) is 6.07 Å². The van der Waals surface area contributed by atoms with E-state index in [4.69, 9.17) is 4.74 Å². The van der Waals surface area contributed by atoms with E-state index < -0.39 is 0 Å². The van der Waals surface area contributed by atoms with E-state index >= 15 is 0 Å². The highest BCUT2D eigenvalue weighted by atomic mass is 19.1. The molecular formula is C17H25FO2. The van der Waals surface area contributed by atoms with E-state index in [1.54, 1.807) is 6.07 Å². The third-order valence-electron chi connectivity index (χ3n) is 3.27. The van der Waals surface area contributed by atoms with Crippen LogP contribution in [0.5, 0.6) is 5.75 Å². The molecule has 20 heavy (non-hydrogen) atoms. The zero-order valence-electron chi connectivity index (χ0n) is 12.6. The smallest absolute Gasteiger partial charge is 0.165 e. The predicted molar refractivity (Wildman–Crippen MR) is 79.7 cm³/mol. The van der Waals surface area contributed by atoms with E-state index in [9.17, 15) is 9.18 Å². The van der Waals surface area contributed by atoms with Crippen molar-refractivity contribution in [2.75, 3.05) is 6.61 Å². The van der Waals surface area contributed by atoms with E-state index in [-0.39, 0.29) is 5.82 Å². The normalized spacial score (nSPS) is 10.6. The average Bonchev–Trinajstić information content (AvgIpc) is 2.46. The Balaban J connectivity index is 2.34. The van der Waals surface area contributed by atoms with Crippen molar-refractivity contribution in [3.05, 3.63) is 29.6 Å². The zero-order chi connectivity index (χ0) is 14.8. The lowest BCUT2D eigenvalue weighted by atomic mass is 10.0. The van der Waals surface area contributed by atoms with Crippen LogP contribution in [0.2, 0.25) is 0 Å². The fourth-order valence-corrected chi connectivity index (χ4v) is 2.03. The topological polar surface area (TPSA) is 26.3 Å². The van der Waals surface area contributed by atoms with Crippen LogP contribution in [0.15, 0.2) is 18.2 Å². The van der Waals surface area contributed by atoms with Crippen LogP contribution < -0.4 is 4.74 Å². The Hall–Kier alpha value is -1.38. The van der Waals surface area contributed by atoms with Crippen molar-refractivity contribution in [2.45, 2.75) is 58.8 Å². The zero-order valence-corrected chi connectivity index (χ0v) is 12.6. The minimum atomic E-state index is -0.296. The summed E-state index contributed by atoms with van der Waals surface area (Å²) in [6, 6.07) is 5.08. The largest absolute Gasteiger partial charge is 0.491 e. The Morgan fingerprint density at radius 1 is 1.20 bits per heavy atom. The van der Waals surface area contributed by atoms with Gasteiger partial charge in [-0.1, -0.05) is 26.3 Å². The van der Waals surface area contributed by atoms with E-state index in [0.717, 1.165) is 37.7 Å². The molecule has 0 aliphatic carbocycles. The molecule has 1 rings (SSSR count). The highest BCUT2D eigenvalue weighted by molar-refractivity contribution is 5.77. The fraction of sp³-hybridized carbons (Fsp3) is 0.588. The highest BCUT2D eigenvalue weighted by Gasteiger charge is 2.05. The third kappa shape index (κ3) is 6.18. The van der Waals surface area contributed by atoms with Crippen LogP contribution >= 0.6 is 0 Å². The molecule has 0 amide bonds. The molecule has 112 valence electrons. The SMILES string of the molecule is CCCOc1cc(CCCCCC(=O)CC)ccc1F. The van der Waals surface area contributed by atoms with Gasteiger partial charge >= 0.3 is 0 Å². The van der Waals surface area contributed by atoms with Crippen molar-refractivity contribution in [1.82, 2.24) is 0 Å². The second-order valence-electron chi connectivity index (χ2n) is 5.07. The van der Waals surface area contributed by atoms with Gasteiger partial charge in [0, 0.05) is 12.8 Å². The second-order valence-corrected chi connectivity index (χ2v) is 5.07. The van der Waals surface area contributed by atoms with Crippen molar-refractivity contribution in [3.63, 3.8) is 0 Å².